The SMILES string of the molecule is CNC(=O)c1cc(Br)c(CO)cc1N(C)C. The first-order valence-corrected chi connectivity index (χ1v) is 5.63. The van der Waals surface area contributed by atoms with Gasteiger partial charge >= 0.3 is 0 Å². The number of aliphatic hydroxyl groups excluding tert-OH is 1. The molecule has 1 amide bonds. The molecular formula is C11H15BrN2O2. The number of hydrogen-bond acceptors (Lipinski definition) is 3. The summed E-state index contributed by atoms with van der Waals surface area (Å²) in [6, 6.07) is 3.52. The Morgan fingerprint density at radius 2 is 2.12 bits per heavy atom. The number of anilines is 1. The molecule has 0 bridgehead atoms. The van der Waals surface area contributed by atoms with E-state index in [0.29, 0.717) is 5.56 Å². The van der Waals surface area contributed by atoms with Crippen LogP contribution in [0.4, 0.5) is 5.69 Å². The molecule has 1 aromatic rings. The number of hydrogen-bond donors (Lipinski definition) is 2. The Kier molecular flexibility index (Phi) is 4.32. The van der Waals surface area contributed by atoms with E-state index >= 15 is 0 Å². The van der Waals surface area contributed by atoms with E-state index in [1.54, 1.807) is 19.2 Å². The molecule has 0 spiro atoms. The second-order valence-electron chi connectivity index (χ2n) is 3.59. The van der Waals surface area contributed by atoms with Crippen LogP contribution >= 0.6 is 15.9 Å². The van der Waals surface area contributed by atoms with E-state index in [4.69, 9.17) is 5.11 Å². The lowest BCUT2D eigenvalue weighted by Gasteiger charge is -2.18. The van der Waals surface area contributed by atoms with Gasteiger partial charge in [-0.1, -0.05) is 15.9 Å². The lowest BCUT2D eigenvalue weighted by molar-refractivity contribution is 0.0963. The Balaban J connectivity index is 3.36. The predicted molar refractivity (Wildman–Crippen MR) is 67.8 cm³/mol. The fraction of sp³-hybridized carbons (Fsp3) is 0.364. The van der Waals surface area contributed by atoms with Crippen molar-refractivity contribution in [1.82, 2.24) is 5.32 Å². The molecular weight excluding hydrogens is 272 g/mol. The highest BCUT2D eigenvalue weighted by Crippen LogP contribution is 2.27. The van der Waals surface area contributed by atoms with Gasteiger partial charge in [-0.15, -0.1) is 0 Å². The summed E-state index contributed by atoms with van der Waals surface area (Å²) < 4.78 is 0.735. The van der Waals surface area contributed by atoms with Gasteiger partial charge in [-0.3, -0.25) is 4.79 Å². The number of halogens is 1. The largest absolute Gasteiger partial charge is 0.392 e. The Labute approximate surface area is 103 Å². The summed E-state index contributed by atoms with van der Waals surface area (Å²) in [4.78, 5) is 13.5. The van der Waals surface area contributed by atoms with Gasteiger partial charge in [0.1, 0.15) is 0 Å². The second kappa shape index (κ2) is 5.32. The Bertz CT molecular complexity index is 405. The maximum Gasteiger partial charge on any atom is 0.253 e. The third-order valence-electron chi connectivity index (χ3n) is 2.29. The summed E-state index contributed by atoms with van der Waals surface area (Å²) in [7, 11) is 5.31. The van der Waals surface area contributed by atoms with E-state index in [0.717, 1.165) is 15.7 Å². The first-order valence-electron chi connectivity index (χ1n) is 4.84. The molecule has 1 aromatic carbocycles. The summed E-state index contributed by atoms with van der Waals surface area (Å²) in [6.45, 7) is -0.0601. The molecule has 0 atom stereocenters. The number of nitrogens with one attached hydrogen (secondary N) is 1. The normalized spacial score (nSPS) is 10.1. The maximum absolute atomic E-state index is 11.7. The number of benzene rings is 1. The highest BCUT2D eigenvalue weighted by atomic mass is 79.9. The van der Waals surface area contributed by atoms with E-state index in [1.165, 1.54) is 0 Å². The van der Waals surface area contributed by atoms with Crippen LogP contribution in [0.25, 0.3) is 0 Å². The fourth-order valence-corrected chi connectivity index (χ4v) is 1.88. The predicted octanol–water partition coefficient (Wildman–Crippen LogP) is 1.37. The quantitative estimate of drug-likeness (QED) is 0.882. The van der Waals surface area contributed by atoms with Gasteiger partial charge in [-0.25, -0.2) is 0 Å². The van der Waals surface area contributed by atoms with Crippen LogP contribution in [0, 0.1) is 0 Å². The lowest BCUT2D eigenvalue weighted by Crippen LogP contribution is -2.22. The standard InChI is InChI=1S/C11H15BrN2O2/c1-13-11(16)8-5-9(12)7(6-15)4-10(8)14(2)3/h4-5,15H,6H2,1-3H3,(H,13,16). The molecule has 88 valence electrons. The van der Waals surface area contributed by atoms with Gasteiger partial charge in [0.05, 0.1) is 12.2 Å². The molecule has 2 N–H and O–H groups in total. The summed E-state index contributed by atoms with van der Waals surface area (Å²) >= 11 is 3.33. The van der Waals surface area contributed by atoms with Crippen molar-refractivity contribution in [3.63, 3.8) is 0 Å². The van der Waals surface area contributed by atoms with Gasteiger partial charge in [0.2, 0.25) is 0 Å². The summed E-state index contributed by atoms with van der Waals surface area (Å²) in [6.07, 6.45) is 0. The molecule has 0 radical (unpaired) electrons. The molecule has 0 unspecified atom stereocenters. The van der Waals surface area contributed by atoms with Gasteiger partial charge in [0, 0.05) is 31.3 Å². The first-order chi connectivity index (χ1) is 7.51. The molecule has 0 saturated carbocycles. The van der Waals surface area contributed by atoms with Crippen molar-refractivity contribution in [3.05, 3.63) is 27.7 Å². The number of carbonyl (C=O) groups is 1. The molecule has 16 heavy (non-hydrogen) atoms. The van der Waals surface area contributed by atoms with Crippen molar-refractivity contribution >= 4 is 27.5 Å². The first kappa shape index (κ1) is 13.0. The summed E-state index contributed by atoms with van der Waals surface area (Å²) in [5.41, 5.74) is 2.12. The number of carbonyl (C=O) groups excluding carboxylic acids is 1. The van der Waals surface area contributed by atoms with Crippen molar-refractivity contribution < 1.29 is 9.90 Å². The second-order valence-corrected chi connectivity index (χ2v) is 4.45. The van der Waals surface area contributed by atoms with Crippen LogP contribution in [0.3, 0.4) is 0 Å². The van der Waals surface area contributed by atoms with E-state index in [2.05, 4.69) is 21.2 Å². The van der Waals surface area contributed by atoms with Crippen LogP contribution in [-0.2, 0) is 6.61 Å². The van der Waals surface area contributed by atoms with Crippen molar-refractivity contribution in [1.29, 1.82) is 0 Å². The number of aliphatic hydroxyl groups is 1. The van der Waals surface area contributed by atoms with E-state index in [9.17, 15) is 4.79 Å². The monoisotopic (exact) mass is 286 g/mol. The zero-order valence-electron chi connectivity index (χ0n) is 9.54. The van der Waals surface area contributed by atoms with Gasteiger partial charge in [0.15, 0.2) is 0 Å². The van der Waals surface area contributed by atoms with Crippen molar-refractivity contribution in [3.8, 4) is 0 Å². The molecule has 0 aromatic heterocycles. The molecule has 0 heterocycles. The van der Waals surface area contributed by atoms with E-state index in [1.807, 2.05) is 19.0 Å². The average molecular weight is 287 g/mol. The summed E-state index contributed by atoms with van der Waals surface area (Å²) in [5, 5.41) is 11.8. The molecule has 0 aliphatic rings. The van der Waals surface area contributed by atoms with Crippen LogP contribution in [0.2, 0.25) is 0 Å². The molecule has 5 heteroatoms. The third-order valence-corrected chi connectivity index (χ3v) is 3.03. The van der Waals surface area contributed by atoms with Gasteiger partial charge in [-0.05, 0) is 17.7 Å². The molecule has 4 nitrogen and oxygen atoms in total. The topological polar surface area (TPSA) is 52.6 Å². The van der Waals surface area contributed by atoms with Crippen molar-refractivity contribution in [2.75, 3.05) is 26.0 Å². The van der Waals surface area contributed by atoms with Crippen LogP contribution in [0.15, 0.2) is 16.6 Å². The number of rotatable bonds is 3. The van der Waals surface area contributed by atoms with Crippen LogP contribution in [0.5, 0.6) is 0 Å². The van der Waals surface area contributed by atoms with Crippen molar-refractivity contribution in [2.24, 2.45) is 0 Å². The fourth-order valence-electron chi connectivity index (χ4n) is 1.41. The molecule has 0 fully saturated rings. The Morgan fingerprint density at radius 3 is 2.56 bits per heavy atom. The molecule has 0 aliphatic carbocycles. The minimum atomic E-state index is -0.145. The van der Waals surface area contributed by atoms with Crippen LogP contribution in [-0.4, -0.2) is 32.2 Å². The smallest absolute Gasteiger partial charge is 0.253 e. The van der Waals surface area contributed by atoms with Gasteiger partial charge < -0.3 is 15.3 Å². The lowest BCUT2D eigenvalue weighted by atomic mass is 10.1. The van der Waals surface area contributed by atoms with E-state index < -0.39 is 0 Å². The van der Waals surface area contributed by atoms with Gasteiger partial charge in [0.25, 0.3) is 5.91 Å². The third kappa shape index (κ3) is 2.54. The minimum Gasteiger partial charge on any atom is -0.392 e. The minimum absolute atomic E-state index is 0.0601. The molecule has 0 saturated heterocycles. The Morgan fingerprint density at radius 1 is 1.50 bits per heavy atom. The highest BCUT2D eigenvalue weighted by molar-refractivity contribution is 9.10. The number of nitrogens with zero attached hydrogens (tertiary/aromatic N) is 1. The molecule has 0 aliphatic heterocycles. The van der Waals surface area contributed by atoms with Crippen LogP contribution in [0.1, 0.15) is 15.9 Å². The van der Waals surface area contributed by atoms with Gasteiger partial charge in [-0.2, -0.15) is 0 Å². The Hall–Kier alpha value is -1.07. The molecule has 1 rings (SSSR count). The number of amides is 1. The van der Waals surface area contributed by atoms with E-state index in [-0.39, 0.29) is 12.5 Å². The van der Waals surface area contributed by atoms with Crippen LogP contribution < -0.4 is 10.2 Å². The zero-order valence-corrected chi connectivity index (χ0v) is 11.1. The van der Waals surface area contributed by atoms with Crippen molar-refractivity contribution in [2.45, 2.75) is 6.61 Å². The highest BCUT2D eigenvalue weighted by Gasteiger charge is 2.14. The summed E-state index contributed by atoms with van der Waals surface area (Å²) in [5.74, 6) is -0.145. The zero-order chi connectivity index (χ0) is 12.3. The maximum atomic E-state index is 11.7. The average Bonchev–Trinajstić information content (AvgIpc) is 2.27.